The lowest BCUT2D eigenvalue weighted by molar-refractivity contribution is 0.514. The average Bonchev–Trinajstić information content (AvgIpc) is 2.77. The molecule has 0 amide bonds. The van der Waals surface area contributed by atoms with Crippen molar-refractivity contribution in [3.05, 3.63) is 49.4 Å². The standard InChI is InChI=1S/C13H17N3O4S2/c1-10-9-21-13(18)16(10)7-6-15-8-11(4-5-12(15)17)22(19,20)14(2)3/h4-5,8-9H,6-7H2,1-3H3. The molecule has 0 aromatic carbocycles. The molecule has 0 spiro atoms. The molecule has 0 atom stereocenters. The molecule has 0 saturated carbocycles. The highest BCUT2D eigenvalue weighted by Gasteiger charge is 2.18. The maximum Gasteiger partial charge on any atom is 0.307 e. The number of aromatic nitrogens is 2. The molecule has 0 bridgehead atoms. The van der Waals surface area contributed by atoms with Crippen LogP contribution < -0.4 is 10.4 Å². The average molecular weight is 343 g/mol. The maximum absolute atomic E-state index is 12.1. The topological polar surface area (TPSA) is 81.4 Å². The minimum atomic E-state index is -3.60. The molecule has 0 aliphatic carbocycles. The van der Waals surface area contributed by atoms with E-state index in [0.717, 1.165) is 21.3 Å². The quantitative estimate of drug-likeness (QED) is 0.783. The summed E-state index contributed by atoms with van der Waals surface area (Å²) in [6, 6.07) is 2.51. The third kappa shape index (κ3) is 3.21. The Kier molecular flexibility index (Phi) is 4.69. The van der Waals surface area contributed by atoms with Crippen molar-refractivity contribution in [2.45, 2.75) is 24.9 Å². The van der Waals surface area contributed by atoms with Crippen molar-refractivity contribution in [1.82, 2.24) is 13.4 Å². The second kappa shape index (κ2) is 6.19. The molecule has 120 valence electrons. The van der Waals surface area contributed by atoms with Crippen molar-refractivity contribution in [3.63, 3.8) is 0 Å². The van der Waals surface area contributed by atoms with Gasteiger partial charge in [-0.2, -0.15) is 0 Å². The fraction of sp³-hybridized carbons (Fsp3) is 0.385. The molecule has 2 aromatic rings. The maximum atomic E-state index is 12.1. The summed E-state index contributed by atoms with van der Waals surface area (Å²) in [5, 5.41) is 1.75. The first kappa shape index (κ1) is 16.7. The van der Waals surface area contributed by atoms with Crippen molar-refractivity contribution in [1.29, 1.82) is 0 Å². The van der Waals surface area contributed by atoms with E-state index in [1.54, 1.807) is 9.95 Å². The van der Waals surface area contributed by atoms with Gasteiger partial charge in [0.25, 0.3) is 5.56 Å². The van der Waals surface area contributed by atoms with Gasteiger partial charge in [-0.1, -0.05) is 11.3 Å². The van der Waals surface area contributed by atoms with Gasteiger partial charge < -0.3 is 9.13 Å². The van der Waals surface area contributed by atoms with Crippen LogP contribution in [0, 0.1) is 6.92 Å². The van der Waals surface area contributed by atoms with Crippen LogP contribution >= 0.6 is 11.3 Å². The molecule has 0 aliphatic heterocycles. The fourth-order valence-electron chi connectivity index (χ4n) is 1.93. The largest absolute Gasteiger partial charge is 0.312 e. The first-order valence-electron chi connectivity index (χ1n) is 6.51. The van der Waals surface area contributed by atoms with Crippen LogP contribution in [0.4, 0.5) is 0 Å². The molecule has 2 rings (SSSR count). The summed E-state index contributed by atoms with van der Waals surface area (Å²) in [4.78, 5) is 23.5. The number of thiazole rings is 1. The lowest BCUT2D eigenvalue weighted by Crippen LogP contribution is -2.27. The van der Waals surface area contributed by atoms with Gasteiger partial charge in [-0.05, 0) is 13.0 Å². The number of hydrogen-bond acceptors (Lipinski definition) is 5. The van der Waals surface area contributed by atoms with E-state index in [9.17, 15) is 18.0 Å². The van der Waals surface area contributed by atoms with Gasteiger partial charge in [-0.25, -0.2) is 12.7 Å². The Balaban J connectivity index is 2.33. The number of rotatable bonds is 5. The molecular weight excluding hydrogens is 326 g/mol. The second-order valence-electron chi connectivity index (χ2n) is 4.98. The number of aryl methyl sites for hydroxylation is 2. The van der Waals surface area contributed by atoms with Crippen LogP contribution in [0.15, 0.2) is 38.2 Å². The van der Waals surface area contributed by atoms with Crippen LogP contribution in [-0.4, -0.2) is 36.0 Å². The predicted molar refractivity (Wildman–Crippen MR) is 84.9 cm³/mol. The molecule has 22 heavy (non-hydrogen) atoms. The molecule has 0 N–H and O–H groups in total. The normalized spacial score (nSPS) is 12.0. The zero-order valence-corrected chi connectivity index (χ0v) is 14.1. The highest BCUT2D eigenvalue weighted by Crippen LogP contribution is 2.10. The van der Waals surface area contributed by atoms with E-state index in [1.165, 1.54) is 37.0 Å². The second-order valence-corrected chi connectivity index (χ2v) is 7.95. The van der Waals surface area contributed by atoms with Crippen molar-refractivity contribution in [3.8, 4) is 0 Å². The van der Waals surface area contributed by atoms with Gasteiger partial charge in [0.05, 0.1) is 4.90 Å². The van der Waals surface area contributed by atoms with Crippen molar-refractivity contribution in [2.24, 2.45) is 0 Å². The first-order valence-corrected chi connectivity index (χ1v) is 8.83. The Morgan fingerprint density at radius 2 is 1.86 bits per heavy atom. The zero-order chi connectivity index (χ0) is 16.5. The van der Waals surface area contributed by atoms with Gasteiger partial charge in [-0.3, -0.25) is 9.59 Å². The SMILES string of the molecule is Cc1csc(=O)n1CCn1cc(S(=O)(=O)N(C)C)ccc1=O. The van der Waals surface area contributed by atoms with Gasteiger partial charge in [0.1, 0.15) is 0 Å². The van der Waals surface area contributed by atoms with E-state index in [0.29, 0.717) is 6.54 Å². The molecule has 7 nitrogen and oxygen atoms in total. The van der Waals surface area contributed by atoms with Gasteiger partial charge in [0.2, 0.25) is 10.0 Å². The van der Waals surface area contributed by atoms with Gasteiger partial charge in [0.15, 0.2) is 0 Å². The smallest absolute Gasteiger partial charge is 0.307 e. The highest BCUT2D eigenvalue weighted by molar-refractivity contribution is 7.89. The van der Waals surface area contributed by atoms with E-state index >= 15 is 0 Å². The van der Waals surface area contributed by atoms with E-state index in [1.807, 2.05) is 6.92 Å². The first-order chi connectivity index (χ1) is 10.2. The summed E-state index contributed by atoms with van der Waals surface area (Å²) in [5.41, 5.74) is 0.513. The van der Waals surface area contributed by atoms with Crippen molar-refractivity contribution in [2.75, 3.05) is 14.1 Å². The summed E-state index contributed by atoms with van der Waals surface area (Å²) in [6.45, 7) is 2.36. The molecule has 2 heterocycles. The third-order valence-corrected chi connectivity index (χ3v) is 5.96. The summed E-state index contributed by atoms with van der Waals surface area (Å²) in [6.07, 6.45) is 1.31. The van der Waals surface area contributed by atoms with E-state index in [2.05, 4.69) is 0 Å². The van der Waals surface area contributed by atoms with Gasteiger partial charge >= 0.3 is 4.87 Å². The lowest BCUT2D eigenvalue weighted by atomic mass is 10.4. The highest BCUT2D eigenvalue weighted by atomic mass is 32.2. The Bertz CT molecular complexity index is 890. The van der Waals surface area contributed by atoms with Crippen LogP contribution in [0.2, 0.25) is 0 Å². The molecule has 0 unspecified atom stereocenters. The Morgan fingerprint density at radius 1 is 1.18 bits per heavy atom. The summed E-state index contributed by atoms with van der Waals surface area (Å²) in [7, 11) is -0.738. The van der Waals surface area contributed by atoms with Gasteiger partial charge in [0, 0.05) is 50.5 Å². The molecule has 0 saturated heterocycles. The van der Waals surface area contributed by atoms with Crippen molar-refractivity contribution >= 4 is 21.4 Å². The Morgan fingerprint density at radius 3 is 2.41 bits per heavy atom. The number of pyridine rings is 1. The zero-order valence-electron chi connectivity index (χ0n) is 12.5. The number of nitrogens with zero attached hydrogens (tertiary/aromatic N) is 3. The molecule has 9 heteroatoms. The van der Waals surface area contributed by atoms with Crippen LogP contribution in [-0.2, 0) is 23.1 Å². The van der Waals surface area contributed by atoms with Crippen molar-refractivity contribution < 1.29 is 8.42 Å². The molecule has 0 fully saturated rings. The predicted octanol–water partition coefficient (Wildman–Crippen LogP) is 0.330. The Hall–Kier alpha value is -1.71. The molecule has 0 radical (unpaired) electrons. The summed E-state index contributed by atoms with van der Waals surface area (Å²) in [5.74, 6) is 0. The fourth-order valence-corrected chi connectivity index (χ4v) is 3.61. The minimum absolute atomic E-state index is 0.0477. The van der Waals surface area contributed by atoms with E-state index in [-0.39, 0.29) is 21.9 Å². The molecular formula is C13H17N3O4S2. The lowest BCUT2D eigenvalue weighted by Gasteiger charge is -2.13. The van der Waals surface area contributed by atoms with E-state index < -0.39 is 10.0 Å². The van der Waals surface area contributed by atoms with Crippen LogP contribution in [0.5, 0.6) is 0 Å². The summed E-state index contributed by atoms with van der Waals surface area (Å²) < 4.78 is 28.1. The molecule has 0 aliphatic rings. The summed E-state index contributed by atoms with van der Waals surface area (Å²) >= 11 is 1.10. The van der Waals surface area contributed by atoms with E-state index in [4.69, 9.17) is 0 Å². The third-order valence-electron chi connectivity index (χ3n) is 3.28. The van der Waals surface area contributed by atoms with Crippen LogP contribution in [0.1, 0.15) is 5.69 Å². The monoisotopic (exact) mass is 343 g/mol. The molecule has 2 aromatic heterocycles. The minimum Gasteiger partial charge on any atom is -0.312 e. The van der Waals surface area contributed by atoms with Crippen LogP contribution in [0.25, 0.3) is 0 Å². The number of hydrogen-bond donors (Lipinski definition) is 0. The Labute approximate surface area is 132 Å². The van der Waals surface area contributed by atoms with Crippen LogP contribution in [0.3, 0.4) is 0 Å². The van der Waals surface area contributed by atoms with Gasteiger partial charge in [-0.15, -0.1) is 0 Å². The number of sulfonamides is 1.